The van der Waals surface area contributed by atoms with E-state index in [1.165, 1.54) is 33.5 Å². The van der Waals surface area contributed by atoms with Gasteiger partial charge in [0.1, 0.15) is 0 Å². The summed E-state index contributed by atoms with van der Waals surface area (Å²) in [6.45, 7) is 13.7. The number of nitrogens with zero attached hydrogens (tertiary/aromatic N) is 3. The summed E-state index contributed by atoms with van der Waals surface area (Å²) in [5.74, 6) is 9.50. The Morgan fingerprint density at radius 2 is 1.46 bits per heavy atom. The topological polar surface area (TPSA) is 30.7 Å². The van der Waals surface area contributed by atoms with Crippen LogP contribution in [0.25, 0.3) is 60.6 Å². The van der Waals surface area contributed by atoms with Crippen LogP contribution in [0.3, 0.4) is 0 Å². The third kappa shape index (κ3) is 9.29. The zero-order valence-corrected chi connectivity index (χ0v) is 39.9. The van der Waals surface area contributed by atoms with Crippen molar-refractivity contribution in [2.75, 3.05) is 0 Å². The fourth-order valence-corrected chi connectivity index (χ4v) is 11.7. The summed E-state index contributed by atoms with van der Waals surface area (Å²) in [5.41, 5.74) is 12.9. The second-order valence-corrected chi connectivity index (χ2v) is 28.2. The first-order chi connectivity index (χ1) is 27.3. The number of para-hydroxylation sites is 2. The summed E-state index contributed by atoms with van der Waals surface area (Å²) < 4.78 is 13.3. The van der Waals surface area contributed by atoms with E-state index in [1.807, 2.05) is 42.5 Å². The van der Waals surface area contributed by atoms with Crippen LogP contribution < -0.4 is 4.40 Å². The van der Waals surface area contributed by atoms with Gasteiger partial charge in [-0.05, 0) is 58.4 Å². The van der Waals surface area contributed by atoms with E-state index >= 15 is 0 Å². The number of imidazole rings is 1. The molecule has 0 N–H and O–H groups in total. The molecule has 0 bridgehead atoms. The van der Waals surface area contributed by atoms with Gasteiger partial charge in [-0.15, -0.1) is 11.5 Å². The summed E-state index contributed by atoms with van der Waals surface area (Å²) in [5, 5.41) is 4.57. The van der Waals surface area contributed by atoms with Crippen LogP contribution in [0.5, 0.6) is 0 Å². The predicted octanol–water partition coefficient (Wildman–Crippen LogP) is 13.9. The molecule has 5 aromatic carbocycles. The summed E-state index contributed by atoms with van der Waals surface area (Å²) in [6, 6.07) is 43.7. The predicted molar refractivity (Wildman–Crippen MR) is 244 cm³/mol. The maximum Gasteiger partial charge on any atom is 0.0774 e. The minimum atomic E-state index is -1.86. The zero-order valence-electron chi connectivity index (χ0n) is 35.6. The van der Waals surface area contributed by atoms with Crippen LogP contribution in [-0.2, 0) is 26.5 Å². The maximum atomic E-state index is 8.25. The normalized spacial score (nSPS) is 11.9. The van der Waals surface area contributed by atoms with Crippen LogP contribution >= 0.6 is 11.3 Å². The monoisotopic (exact) mass is 1010 g/mol. The smallest absolute Gasteiger partial charge is 0.0774 e. The Labute approximate surface area is 361 Å². The first kappa shape index (κ1) is 41.0. The van der Waals surface area contributed by atoms with Crippen LogP contribution in [0, 0.1) is 17.4 Å². The average Bonchev–Trinajstić information content (AvgIpc) is 3.78. The molecule has 8 aromatic rings. The second-order valence-electron chi connectivity index (χ2n) is 16.8. The Morgan fingerprint density at radius 3 is 2.11 bits per heavy atom. The molecule has 0 saturated carbocycles. The van der Waals surface area contributed by atoms with E-state index in [1.54, 1.807) is 15.7 Å². The molecule has 3 aromatic heterocycles. The van der Waals surface area contributed by atoms with Crippen molar-refractivity contribution in [1.82, 2.24) is 14.5 Å². The minimum Gasteiger partial charge on any atom is -0.333 e. The number of aromatic nitrogens is 3. The standard InChI is InChI=1S/C33H29N2S.C18H24GeN.Ir/c1-21(2)26-18-24(23-12-6-5-7-13-23)19-27(22(3)4)32(26)35-30-16-10-9-15-29(30)34-33(35)28-20-36-31-17-11-8-14-25(28)31;1-14(2)11-16-12-18(15-9-7-6-8-10-15)20-13-17(16)19(3,4)5;/h5-19,21-22H,1-4H3;6-9,12-14H,11H2,1-5H3;/q2*-1;/i8D;;. The minimum absolute atomic E-state index is 0. The van der Waals surface area contributed by atoms with E-state index in [2.05, 4.69) is 154 Å². The zero-order chi connectivity index (χ0) is 40.4. The van der Waals surface area contributed by atoms with Crippen molar-refractivity contribution in [3.63, 3.8) is 0 Å². The van der Waals surface area contributed by atoms with E-state index in [0.717, 1.165) is 50.2 Å². The maximum absolute atomic E-state index is 8.25. The molecule has 0 amide bonds. The molecule has 0 aliphatic heterocycles. The van der Waals surface area contributed by atoms with E-state index in [-0.39, 0.29) is 20.1 Å². The Bertz CT molecular complexity index is 2610. The van der Waals surface area contributed by atoms with Crippen molar-refractivity contribution < 1.29 is 21.5 Å². The molecule has 6 heteroatoms. The van der Waals surface area contributed by atoms with Crippen LogP contribution in [0.2, 0.25) is 17.3 Å². The molecule has 0 atom stereocenters. The van der Waals surface area contributed by atoms with Gasteiger partial charge in [0.25, 0.3) is 0 Å². The SMILES string of the molecule is CC(C)Cc1cc(-c2[c-]cccc2)nc[c]1[Ge]([CH3])([CH3])[CH3].[2H]c1ccc2s[c-]c(-c3nc4ccccc4n3-c3c(C(C)C)cc(-c4ccccc4)cc3C(C)C)c2c1.[Ir]. The van der Waals surface area contributed by atoms with Gasteiger partial charge in [0.2, 0.25) is 0 Å². The van der Waals surface area contributed by atoms with Gasteiger partial charge in [0, 0.05) is 25.8 Å². The molecule has 1 radical (unpaired) electrons. The Morgan fingerprint density at radius 1 is 0.772 bits per heavy atom. The molecule has 0 saturated heterocycles. The second kappa shape index (κ2) is 18.2. The largest absolute Gasteiger partial charge is 0.333 e. The number of benzene rings is 5. The van der Waals surface area contributed by atoms with Gasteiger partial charge in [0.05, 0.1) is 18.2 Å². The van der Waals surface area contributed by atoms with Crippen LogP contribution in [0.15, 0.2) is 128 Å². The molecule has 0 fully saturated rings. The van der Waals surface area contributed by atoms with Gasteiger partial charge in [0.15, 0.2) is 0 Å². The number of fused-ring (bicyclic) bond motifs is 2. The van der Waals surface area contributed by atoms with Crippen molar-refractivity contribution in [2.45, 2.75) is 77.1 Å². The first-order valence-electron chi connectivity index (χ1n) is 20.4. The first-order valence-corrected chi connectivity index (χ1v) is 28.0. The number of hydrogen-bond acceptors (Lipinski definition) is 3. The average molecular weight is 1010 g/mol. The Hall–Kier alpha value is -4.13. The number of hydrogen-bond donors (Lipinski definition) is 0. The Kier molecular flexibility index (Phi) is 13.1. The van der Waals surface area contributed by atoms with Gasteiger partial charge in [-0.2, -0.15) is 0 Å². The van der Waals surface area contributed by atoms with Gasteiger partial charge in [-0.3, -0.25) is 16.3 Å². The van der Waals surface area contributed by atoms with Gasteiger partial charge in [-0.1, -0.05) is 104 Å². The third-order valence-corrected chi connectivity index (χ3v) is 15.5. The fraction of sp³-hybridized carbons (Fsp3) is 0.255. The number of thiophene rings is 1. The van der Waals surface area contributed by atoms with Crippen molar-refractivity contribution in [3.05, 3.63) is 156 Å². The molecule has 0 spiro atoms. The van der Waals surface area contributed by atoms with E-state index in [9.17, 15) is 0 Å². The summed E-state index contributed by atoms with van der Waals surface area (Å²) in [4.78, 5) is 9.87. The van der Waals surface area contributed by atoms with Gasteiger partial charge in [-0.25, -0.2) is 0 Å². The van der Waals surface area contributed by atoms with Gasteiger partial charge < -0.3 is 4.57 Å². The van der Waals surface area contributed by atoms with Crippen LogP contribution in [0.1, 0.15) is 71.4 Å². The van der Waals surface area contributed by atoms with Crippen molar-refractivity contribution in [1.29, 1.82) is 0 Å². The van der Waals surface area contributed by atoms with E-state index in [0.29, 0.717) is 23.8 Å². The van der Waals surface area contributed by atoms with Crippen molar-refractivity contribution in [2.24, 2.45) is 5.92 Å². The molecular weight excluding hydrogens is 951 g/mol. The number of pyridine rings is 1. The molecule has 57 heavy (non-hydrogen) atoms. The molecule has 293 valence electrons. The molecule has 0 unspecified atom stereocenters. The van der Waals surface area contributed by atoms with E-state index in [4.69, 9.17) is 11.3 Å². The summed E-state index contributed by atoms with van der Waals surface area (Å²) in [7, 11) is 0. The van der Waals surface area contributed by atoms with Crippen molar-refractivity contribution >= 4 is 50.1 Å². The Balaban J connectivity index is 0.000000230. The molecule has 0 aliphatic rings. The van der Waals surface area contributed by atoms with Gasteiger partial charge >= 0.3 is 126 Å². The van der Waals surface area contributed by atoms with Crippen LogP contribution in [0.4, 0.5) is 0 Å². The van der Waals surface area contributed by atoms with Crippen molar-refractivity contribution in [3.8, 4) is 39.5 Å². The number of rotatable bonds is 9. The molecular formula is C51H53GeIrN3S-2. The quantitative estimate of drug-likeness (QED) is 0.107. The molecule has 8 rings (SSSR count). The summed E-state index contributed by atoms with van der Waals surface area (Å²) >= 11 is -0.268. The van der Waals surface area contributed by atoms with Crippen LogP contribution in [-0.4, -0.2) is 27.8 Å². The molecule has 3 nitrogen and oxygen atoms in total. The molecule has 3 heterocycles. The third-order valence-electron chi connectivity index (χ3n) is 10.3. The fourth-order valence-electron chi connectivity index (χ4n) is 7.54. The summed E-state index contributed by atoms with van der Waals surface area (Å²) in [6.07, 6.45) is 3.27. The van der Waals surface area contributed by atoms with E-state index < -0.39 is 13.3 Å². The molecule has 0 aliphatic carbocycles.